The number of nitrogens with one attached hydrogen (secondary N) is 1. The molecule has 1 unspecified atom stereocenters. The number of hydrogen-bond acceptors (Lipinski definition) is 4. The first-order valence-electron chi connectivity index (χ1n) is 7.97. The Hall–Kier alpha value is -2.92. The lowest BCUT2D eigenvalue weighted by Crippen LogP contribution is -2.17. The number of fused-ring (bicyclic) bond motifs is 1. The molecule has 24 heavy (non-hydrogen) atoms. The molecule has 0 spiro atoms. The van der Waals surface area contributed by atoms with Crippen molar-refractivity contribution in [3.63, 3.8) is 0 Å². The van der Waals surface area contributed by atoms with E-state index in [4.69, 9.17) is 5.73 Å². The minimum Gasteiger partial charge on any atom is -0.357 e. The van der Waals surface area contributed by atoms with Crippen LogP contribution in [-0.2, 0) is 6.54 Å². The fourth-order valence-electron chi connectivity index (χ4n) is 3.07. The minimum atomic E-state index is -0.0196. The van der Waals surface area contributed by atoms with Crippen molar-refractivity contribution in [3.05, 3.63) is 76.1 Å². The fourth-order valence-corrected chi connectivity index (χ4v) is 3.07. The van der Waals surface area contributed by atoms with E-state index in [-0.39, 0.29) is 11.3 Å². The molecule has 1 aliphatic heterocycles. The number of nitrogens with zero attached hydrogens (tertiary/aromatic N) is 2. The van der Waals surface area contributed by atoms with E-state index in [1.807, 2.05) is 47.6 Å². The summed E-state index contributed by atoms with van der Waals surface area (Å²) in [7, 11) is 0. The van der Waals surface area contributed by atoms with Crippen LogP contribution in [0, 0.1) is 0 Å². The molecule has 2 aromatic carbocycles. The molecule has 0 fully saturated rings. The molecule has 0 saturated heterocycles. The van der Waals surface area contributed by atoms with Crippen LogP contribution in [0.2, 0.25) is 0 Å². The molecular weight excluding hydrogens is 300 g/mol. The molecule has 5 nitrogen and oxygen atoms in total. The first kappa shape index (κ1) is 14.7. The number of aromatic amines is 1. The van der Waals surface area contributed by atoms with Crippen LogP contribution >= 0.6 is 0 Å². The van der Waals surface area contributed by atoms with Gasteiger partial charge < -0.3 is 10.7 Å². The summed E-state index contributed by atoms with van der Waals surface area (Å²) in [6.45, 7) is 1.09. The molecule has 1 aromatic heterocycles. The third-order valence-corrected chi connectivity index (χ3v) is 4.37. The average molecular weight is 318 g/mol. The topological polar surface area (TPSA) is 74.5 Å². The van der Waals surface area contributed by atoms with Crippen molar-refractivity contribution < 1.29 is 0 Å². The molecule has 4 rings (SSSR count). The maximum absolute atomic E-state index is 12.3. The molecule has 120 valence electrons. The Morgan fingerprint density at radius 2 is 2.00 bits per heavy atom. The van der Waals surface area contributed by atoms with Gasteiger partial charge in [-0.15, -0.1) is 0 Å². The highest BCUT2D eigenvalue weighted by Crippen LogP contribution is 2.27. The summed E-state index contributed by atoms with van der Waals surface area (Å²) in [5, 5.41) is 7.10. The van der Waals surface area contributed by atoms with E-state index in [9.17, 15) is 4.79 Å². The molecular formula is C19H18N4O. The summed E-state index contributed by atoms with van der Waals surface area (Å²) >= 11 is 0. The smallest absolute Gasteiger partial charge is 0.189 e. The Morgan fingerprint density at radius 3 is 2.79 bits per heavy atom. The largest absolute Gasteiger partial charge is 0.357 e. The molecule has 0 amide bonds. The number of anilines is 1. The number of benzene rings is 2. The highest BCUT2D eigenvalue weighted by atomic mass is 16.1. The Morgan fingerprint density at radius 1 is 1.17 bits per heavy atom. The lowest BCUT2D eigenvalue weighted by Gasteiger charge is -2.17. The van der Waals surface area contributed by atoms with E-state index >= 15 is 0 Å². The first-order chi connectivity index (χ1) is 11.7. The molecule has 3 aromatic rings. The van der Waals surface area contributed by atoms with Gasteiger partial charge in [-0.2, -0.15) is 5.10 Å². The number of H-pyrrole nitrogens is 1. The predicted molar refractivity (Wildman–Crippen MR) is 97.5 cm³/mol. The van der Waals surface area contributed by atoms with Crippen LogP contribution in [0.25, 0.3) is 10.9 Å². The summed E-state index contributed by atoms with van der Waals surface area (Å²) in [5.41, 5.74) is 9.30. The quantitative estimate of drug-likeness (QED) is 0.779. The van der Waals surface area contributed by atoms with Gasteiger partial charge >= 0.3 is 0 Å². The number of nitrogens with two attached hydrogens (primary N) is 1. The lowest BCUT2D eigenvalue weighted by molar-refractivity contribution is 0.853. The standard InChI is InChI=1S/C19H18N4O/c20-10-15-8-19(24)17-9-16(6-7-18(17)22-15)23-12-14(11-21-23)13-4-2-1-3-5-13/h1-9,11,14H,10,12,20H2,(H,22,24). The number of pyridine rings is 1. The Bertz CT molecular complexity index is 962. The molecule has 0 radical (unpaired) electrons. The van der Waals surface area contributed by atoms with E-state index in [1.54, 1.807) is 6.07 Å². The summed E-state index contributed by atoms with van der Waals surface area (Å²) in [4.78, 5) is 15.5. The SMILES string of the molecule is NCc1cc(=O)c2cc(N3CC(c4ccccc4)C=N3)ccc2[nH]1. The first-order valence-corrected chi connectivity index (χ1v) is 7.97. The Labute approximate surface area is 139 Å². The predicted octanol–water partition coefficient (Wildman–Crippen LogP) is 2.58. The lowest BCUT2D eigenvalue weighted by atomic mass is 10.0. The number of hydrogen-bond donors (Lipinski definition) is 2. The molecule has 0 saturated carbocycles. The maximum atomic E-state index is 12.3. The van der Waals surface area contributed by atoms with Crippen LogP contribution in [0.1, 0.15) is 17.2 Å². The van der Waals surface area contributed by atoms with Crippen LogP contribution < -0.4 is 16.2 Å². The number of rotatable bonds is 3. The van der Waals surface area contributed by atoms with Crippen LogP contribution in [0.4, 0.5) is 5.69 Å². The zero-order chi connectivity index (χ0) is 16.5. The van der Waals surface area contributed by atoms with Gasteiger partial charge in [-0.25, -0.2) is 0 Å². The maximum Gasteiger partial charge on any atom is 0.189 e. The summed E-state index contributed by atoms with van der Waals surface area (Å²) < 4.78 is 0. The zero-order valence-electron chi connectivity index (χ0n) is 13.1. The Kier molecular flexibility index (Phi) is 3.63. The third-order valence-electron chi connectivity index (χ3n) is 4.37. The highest BCUT2D eigenvalue weighted by Gasteiger charge is 2.20. The second kappa shape index (κ2) is 5.94. The van der Waals surface area contributed by atoms with Crippen molar-refractivity contribution in [2.45, 2.75) is 12.5 Å². The number of aromatic nitrogens is 1. The van der Waals surface area contributed by atoms with E-state index in [2.05, 4.69) is 22.2 Å². The van der Waals surface area contributed by atoms with Gasteiger partial charge in [-0.05, 0) is 23.8 Å². The average Bonchev–Trinajstić information content (AvgIpc) is 3.12. The summed E-state index contributed by atoms with van der Waals surface area (Å²) in [6.07, 6.45) is 1.96. The molecule has 5 heteroatoms. The Balaban J connectivity index is 1.65. The zero-order valence-corrected chi connectivity index (χ0v) is 13.1. The minimum absolute atomic E-state index is 0.0196. The van der Waals surface area contributed by atoms with Gasteiger partial charge in [0.1, 0.15) is 0 Å². The molecule has 1 atom stereocenters. The van der Waals surface area contributed by atoms with Crippen LogP contribution in [0.3, 0.4) is 0 Å². The fraction of sp³-hybridized carbons (Fsp3) is 0.158. The van der Waals surface area contributed by atoms with E-state index in [0.717, 1.165) is 23.4 Å². The van der Waals surface area contributed by atoms with Gasteiger partial charge in [0.15, 0.2) is 5.43 Å². The highest BCUT2D eigenvalue weighted by molar-refractivity contribution is 5.84. The normalized spacial score (nSPS) is 16.9. The van der Waals surface area contributed by atoms with Crippen molar-refractivity contribution in [2.75, 3.05) is 11.6 Å². The second-order valence-electron chi connectivity index (χ2n) is 5.96. The number of hydrazone groups is 1. The van der Waals surface area contributed by atoms with Gasteiger partial charge in [-0.3, -0.25) is 9.80 Å². The van der Waals surface area contributed by atoms with Gasteiger partial charge in [0.25, 0.3) is 0 Å². The molecule has 0 bridgehead atoms. The van der Waals surface area contributed by atoms with E-state index in [0.29, 0.717) is 11.9 Å². The summed E-state index contributed by atoms with van der Waals surface area (Å²) in [6, 6.07) is 17.6. The third kappa shape index (κ3) is 2.59. The van der Waals surface area contributed by atoms with Crippen LogP contribution in [0.5, 0.6) is 0 Å². The van der Waals surface area contributed by atoms with E-state index in [1.165, 1.54) is 5.56 Å². The van der Waals surface area contributed by atoms with Crippen molar-refractivity contribution in [1.82, 2.24) is 4.98 Å². The summed E-state index contributed by atoms with van der Waals surface area (Å²) in [5.74, 6) is 0.264. The van der Waals surface area contributed by atoms with Crippen molar-refractivity contribution in [3.8, 4) is 0 Å². The molecule has 3 N–H and O–H groups in total. The van der Waals surface area contributed by atoms with Crippen LogP contribution in [0.15, 0.2) is 64.5 Å². The monoisotopic (exact) mass is 318 g/mol. The van der Waals surface area contributed by atoms with Gasteiger partial charge in [0, 0.05) is 41.3 Å². The van der Waals surface area contributed by atoms with Crippen molar-refractivity contribution in [2.24, 2.45) is 10.8 Å². The van der Waals surface area contributed by atoms with Crippen molar-refractivity contribution >= 4 is 22.8 Å². The molecule has 1 aliphatic rings. The van der Waals surface area contributed by atoms with Crippen molar-refractivity contribution in [1.29, 1.82) is 0 Å². The van der Waals surface area contributed by atoms with Gasteiger partial charge in [-0.1, -0.05) is 30.3 Å². The van der Waals surface area contributed by atoms with Gasteiger partial charge in [0.2, 0.25) is 0 Å². The van der Waals surface area contributed by atoms with Gasteiger partial charge in [0.05, 0.1) is 12.2 Å². The molecule has 2 heterocycles. The van der Waals surface area contributed by atoms with E-state index < -0.39 is 0 Å². The van der Waals surface area contributed by atoms with Crippen LogP contribution in [-0.4, -0.2) is 17.7 Å². The second-order valence-corrected chi connectivity index (χ2v) is 5.96. The molecule has 0 aliphatic carbocycles.